The Morgan fingerprint density at radius 2 is 1.80 bits per heavy atom. The number of pyridine rings is 1. The molecule has 0 unspecified atom stereocenters. The van der Waals surface area contributed by atoms with E-state index in [1.165, 1.54) is 0 Å². The third-order valence-corrected chi connectivity index (χ3v) is 5.17. The number of aliphatic hydroxyl groups is 2. The highest BCUT2D eigenvalue weighted by Crippen LogP contribution is 2.22. The third-order valence-electron chi connectivity index (χ3n) is 4.87. The predicted octanol–water partition coefficient (Wildman–Crippen LogP) is 4.42. The van der Waals surface area contributed by atoms with Gasteiger partial charge in [0.25, 0.3) is 5.70 Å². The zero-order valence-corrected chi connectivity index (χ0v) is 18.0. The van der Waals surface area contributed by atoms with Crippen molar-refractivity contribution >= 4 is 34.3 Å². The van der Waals surface area contributed by atoms with Crippen LogP contribution in [0.4, 0.5) is 5.69 Å². The molecule has 5 nitrogen and oxygen atoms in total. The van der Waals surface area contributed by atoms with Crippen LogP contribution in [0, 0.1) is 13.8 Å². The van der Waals surface area contributed by atoms with Crippen molar-refractivity contribution in [1.29, 1.82) is 0 Å². The number of rotatable bonds is 6. The van der Waals surface area contributed by atoms with Crippen LogP contribution in [0.15, 0.2) is 67.0 Å². The van der Waals surface area contributed by atoms with Gasteiger partial charge < -0.3 is 20.3 Å². The maximum atomic E-state index is 11.2. The van der Waals surface area contributed by atoms with Crippen molar-refractivity contribution in [1.82, 2.24) is 0 Å². The normalized spacial score (nSPS) is 11.6. The number of aromatic nitrogens is 1. The number of aryl methyl sites for hydroxylation is 2. The van der Waals surface area contributed by atoms with Gasteiger partial charge in [0.1, 0.15) is 5.75 Å². The molecule has 3 rings (SSSR count). The van der Waals surface area contributed by atoms with Crippen LogP contribution >= 0.6 is 12.2 Å². The van der Waals surface area contributed by atoms with Crippen LogP contribution in [0.3, 0.4) is 0 Å². The lowest BCUT2D eigenvalue weighted by molar-refractivity contribution is -0.576. The largest absolute Gasteiger partial charge is 0.502 e. The smallest absolute Gasteiger partial charge is 0.288 e. The zero-order chi connectivity index (χ0) is 21.7. The van der Waals surface area contributed by atoms with Crippen molar-refractivity contribution in [3.05, 3.63) is 89.2 Å². The Bertz CT molecular complexity index is 1090. The minimum Gasteiger partial charge on any atom is -0.502 e. The van der Waals surface area contributed by atoms with E-state index in [9.17, 15) is 10.2 Å². The highest BCUT2D eigenvalue weighted by atomic mass is 32.1. The summed E-state index contributed by atoms with van der Waals surface area (Å²) in [6.07, 6.45) is 3.53. The van der Waals surface area contributed by atoms with Crippen LogP contribution in [0.5, 0.6) is 5.75 Å². The molecule has 1 heterocycles. The van der Waals surface area contributed by atoms with Crippen molar-refractivity contribution < 1.29 is 19.5 Å². The molecule has 0 fully saturated rings. The fraction of sp³-hybridized carbons (Fsp3) is 0.167. The van der Waals surface area contributed by atoms with Gasteiger partial charge in [0.2, 0.25) is 0 Å². The first kappa shape index (κ1) is 21.5. The Morgan fingerprint density at radius 3 is 2.43 bits per heavy atom. The Morgan fingerprint density at radius 1 is 1.07 bits per heavy atom. The second-order valence-corrected chi connectivity index (χ2v) is 7.36. The minimum atomic E-state index is -0.114. The van der Waals surface area contributed by atoms with Gasteiger partial charge in [-0.1, -0.05) is 24.4 Å². The fourth-order valence-electron chi connectivity index (χ4n) is 2.99. The van der Waals surface area contributed by atoms with Crippen LogP contribution in [-0.2, 0) is 6.61 Å². The molecule has 6 heteroatoms. The Hall–Kier alpha value is -3.22. The van der Waals surface area contributed by atoms with Gasteiger partial charge in [-0.05, 0) is 61.4 Å². The Balaban J connectivity index is 2.07. The van der Waals surface area contributed by atoms with Crippen molar-refractivity contribution in [2.75, 3.05) is 12.4 Å². The second kappa shape index (κ2) is 9.52. The van der Waals surface area contributed by atoms with Crippen LogP contribution < -0.4 is 14.6 Å². The number of methoxy groups -OCH3 is 1. The molecule has 2 aromatic carbocycles. The van der Waals surface area contributed by atoms with E-state index in [1.54, 1.807) is 36.2 Å². The van der Waals surface area contributed by atoms with Crippen molar-refractivity contribution in [2.24, 2.45) is 0 Å². The van der Waals surface area contributed by atoms with Crippen molar-refractivity contribution in [3.8, 4) is 5.75 Å². The van der Waals surface area contributed by atoms with Gasteiger partial charge in [0, 0.05) is 22.9 Å². The van der Waals surface area contributed by atoms with E-state index in [-0.39, 0.29) is 12.4 Å². The number of thiocarbonyl (C=S) groups is 1. The van der Waals surface area contributed by atoms with E-state index in [1.807, 2.05) is 56.3 Å². The molecular formula is C24H25N2O3S+. The first-order valence-electron chi connectivity index (χ1n) is 9.50. The first-order chi connectivity index (χ1) is 14.4. The summed E-state index contributed by atoms with van der Waals surface area (Å²) in [5.41, 5.74) is 4.76. The number of hydrogen-bond donors (Lipinski definition) is 3. The molecule has 0 bridgehead atoms. The van der Waals surface area contributed by atoms with Gasteiger partial charge in [0.05, 0.1) is 13.7 Å². The summed E-state index contributed by atoms with van der Waals surface area (Å²) in [4.78, 5) is 0.344. The molecule has 3 aromatic rings. The number of nitrogens with one attached hydrogen (secondary N) is 1. The highest BCUT2D eigenvalue weighted by molar-refractivity contribution is 7.81. The topological polar surface area (TPSA) is 65.6 Å². The van der Waals surface area contributed by atoms with Crippen LogP contribution in [0.25, 0.3) is 11.5 Å². The Kier molecular flexibility index (Phi) is 6.82. The van der Waals surface area contributed by atoms with Crippen molar-refractivity contribution in [3.63, 3.8) is 0 Å². The van der Waals surface area contributed by atoms with Gasteiger partial charge in [0.15, 0.2) is 23.1 Å². The molecule has 0 spiro atoms. The number of nitrogens with zero attached hydrogens (tertiary/aromatic N) is 1. The first-order valence-corrected chi connectivity index (χ1v) is 9.91. The van der Waals surface area contributed by atoms with Gasteiger partial charge in [-0.2, -0.15) is 4.57 Å². The SMILES string of the molecule is COc1ccc(NC(=S)/C(=C(\O)c2ccc(C)c(C)c2)[n+]2cccc(CO)c2)cc1. The summed E-state index contributed by atoms with van der Waals surface area (Å²) in [5, 5.41) is 23.9. The number of benzene rings is 2. The molecule has 0 atom stereocenters. The molecule has 0 radical (unpaired) electrons. The summed E-state index contributed by atoms with van der Waals surface area (Å²) in [6, 6.07) is 16.7. The van der Waals surface area contributed by atoms with Gasteiger partial charge >= 0.3 is 0 Å². The second-order valence-electron chi connectivity index (χ2n) is 6.96. The maximum absolute atomic E-state index is 11.2. The predicted molar refractivity (Wildman–Crippen MR) is 123 cm³/mol. The monoisotopic (exact) mass is 421 g/mol. The lowest BCUT2D eigenvalue weighted by Gasteiger charge is -2.12. The van der Waals surface area contributed by atoms with Gasteiger partial charge in [-0.3, -0.25) is 0 Å². The van der Waals surface area contributed by atoms with E-state index >= 15 is 0 Å². The van der Waals surface area contributed by atoms with Gasteiger partial charge in [-0.15, -0.1) is 0 Å². The molecule has 0 amide bonds. The fourth-order valence-corrected chi connectivity index (χ4v) is 3.31. The lowest BCUT2D eigenvalue weighted by Crippen LogP contribution is -2.39. The molecule has 1 aromatic heterocycles. The zero-order valence-electron chi connectivity index (χ0n) is 17.2. The highest BCUT2D eigenvalue weighted by Gasteiger charge is 2.24. The molecule has 30 heavy (non-hydrogen) atoms. The summed E-state index contributed by atoms with van der Waals surface area (Å²) in [5.74, 6) is 0.787. The average molecular weight is 422 g/mol. The molecule has 0 aliphatic heterocycles. The van der Waals surface area contributed by atoms with Crippen LogP contribution in [0.1, 0.15) is 22.3 Å². The summed E-state index contributed by atoms with van der Waals surface area (Å²) in [6.45, 7) is 3.91. The molecular weight excluding hydrogens is 396 g/mol. The van der Waals surface area contributed by atoms with Crippen LogP contribution in [-0.4, -0.2) is 22.3 Å². The average Bonchev–Trinajstić information content (AvgIpc) is 2.76. The molecule has 0 aliphatic rings. The van der Waals surface area contributed by atoms with E-state index < -0.39 is 0 Å². The molecule has 0 aliphatic carbocycles. The Labute approximate surface area is 181 Å². The van der Waals surface area contributed by atoms with E-state index in [2.05, 4.69) is 5.32 Å². The van der Waals surface area contributed by atoms with E-state index in [0.717, 1.165) is 22.6 Å². The van der Waals surface area contributed by atoms with Crippen LogP contribution in [0.2, 0.25) is 0 Å². The molecule has 154 valence electrons. The molecule has 3 N–H and O–H groups in total. The minimum absolute atomic E-state index is 0.0456. The number of anilines is 1. The number of aliphatic hydroxyl groups excluding tert-OH is 2. The summed E-state index contributed by atoms with van der Waals surface area (Å²) in [7, 11) is 1.61. The quantitative estimate of drug-likeness (QED) is 0.238. The maximum Gasteiger partial charge on any atom is 0.288 e. The van der Waals surface area contributed by atoms with Gasteiger partial charge in [-0.25, -0.2) is 0 Å². The molecule has 0 saturated heterocycles. The molecule has 0 saturated carbocycles. The van der Waals surface area contributed by atoms with Crippen molar-refractivity contribution in [2.45, 2.75) is 20.5 Å². The number of ether oxygens (including phenoxy) is 1. The van der Waals surface area contributed by atoms with E-state index in [4.69, 9.17) is 17.0 Å². The third kappa shape index (κ3) is 4.84. The summed E-state index contributed by atoms with van der Waals surface area (Å²) < 4.78 is 6.91. The lowest BCUT2D eigenvalue weighted by atomic mass is 10.0. The number of hydrogen-bond acceptors (Lipinski definition) is 4. The standard InChI is InChI=1S/C24H24N2O3S/c1-16-6-7-19(13-17(16)2)23(28)22(26-12-4-5-18(14-26)15-27)24(30)25-20-8-10-21(29-3)11-9-20/h4-14,27H,15H2,1-3H3,(H-,25,28,30)/p+1. The summed E-state index contributed by atoms with van der Waals surface area (Å²) >= 11 is 5.67. The van der Waals surface area contributed by atoms with E-state index in [0.29, 0.717) is 21.8 Å².